The van der Waals surface area contributed by atoms with E-state index in [0.717, 1.165) is 37.2 Å². The highest BCUT2D eigenvalue weighted by Crippen LogP contribution is 2.27. The highest BCUT2D eigenvalue weighted by Gasteiger charge is 2.29. The van der Waals surface area contributed by atoms with E-state index in [1.54, 1.807) is 26.2 Å². The third-order valence-electron chi connectivity index (χ3n) is 6.58. The number of benzene rings is 2. The van der Waals surface area contributed by atoms with Crippen molar-refractivity contribution < 1.29 is 22.7 Å². The molecule has 9 heteroatoms. The number of nitrogens with one attached hydrogen (secondary N) is 1. The van der Waals surface area contributed by atoms with Gasteiger partial charge >= 0.3 is 0 Å². The molecule has 2 heterocycles. The second kappa shape index (κ2) is 10.9. The molecule has 2 aliphatic rings. The van der Waals surface area contributed by atoms with Crippen molar-refractivity contribution in [1.29, 1.82) is 0 Å². The Kier molecular flexibility index (Phi) is 7.88. The van der Waals surface area contributed by atoms with Crippen LogP contribution < -0.4 is 10.1 Å². The van der Waals surface area contributed by atoms with Crippen molar-refractivity contribution in [3.8, 4) is 5.75 Å². The van der Waals surface area contributed by atoms with Crippen molar-refractivity contribution in [2.45, 2.75) is 30.7 Å². The number of morpholine rings is 1. The lowest BCUT2D eigenvalue weighted by atomic mass is 10.0. The van der Waals surface area contributed by atoms with Crippen LogP contribution in [0.2, 0.25) is 0 Å². The van der Waals surface area contributed by atoms with Gasteiger partial charge in [0.1, 0.15) is 5.75 Å². The fraction of sp³-hybridized carbons (Fsp3) is 0.480. The van der Waals surface area contributed by atoms with E-state index in [1.807, 2.05) is 24.3 Å². The molecule has 184 valence electrons. The minimum absolute atomic E-state index is 0.0411. The van der Waals surface area contributed by atoms with E-state index in [4.69, 9.17) is 9.47 Å². The summed E-state index contributed by atoms with van der Waals surface area (Å²) in [6.07, 6.45) is 2.28. The van der Waals surface area contributed by atoms with E-state index in [0.29, 0.717) is 44.0 Å². The van der Waals surface area contributed by atoms with Gasteiger partial charge in [-0.3, -0.25) is 9.69 Å². The van der Waals surface area contributed by atoms with Crippen LogP contribution in [0.25, 0.3) is 0 Å². The molecule has 2 fully saturated rings. The molecule has 0 unspecified atom stereocenters. The van der Waals surface area contributed by atoms with Crippen molar-refractivity contribution in [3.05, 3.63) is 59.2 Å². The third kappa shape index (κ3) is 5.43. The number of sulfonamides is 1. The lowest BCUT2D eigenvalue weighted by Crippen LogP contribution is -2.41. The van der Waals surface area contributed by atoms with Crippen LogP contribution in [0.15, 0.2) is 47.4 Å². The zero-order valence-corrected chi connectivity index (χ0v) is 20.6. The number of likely N-dealkylation sites (tertiary alicyclic amines) is 1. The Morgan fingerprint density at radius 2 is 1.74 bits per heavy atom. The first-order valence-corrected chi connectivity index (χ1v) is 13.2. The molecule has 0 aliphatic carbocycles. The van der Waals surface area contributed by atoms with Gasteiger partial charge in [0.05, 0.1) is 31.3 Å². The number of hydrogen-bond acceptors (Lipinski definition) is 6. The Labute approximate surface area is 201 Å². The second-order valence-corrected chi connectivity index (χ2v) is 10.6. The summed E-state index contributed by atoms with van der Waals surface area (Å²) >= 11 is 0. The van der Waals surface area contributed by atoms with Gasteiger partial charge in [-0.05, 0) is 68.2 Å². The predicted octanol–water partition coefficient (Wildman–Crippen LogP) is 2.59. The monoisotopic (exact) mass is 487 g/mol. The van der Waals surface area contributed by atoms with Gasteiger partial charge in [-0.15, -0.1) is 0 Å². The molecule has 8 nitrogen and oxygen atoms in total. The van der Waals surface area contributed by atoms with Gasteiger partial charge in [-0.1, -0.05) is 18.2 Å². The molecule has 1 atom stereocenters. The molecule has 1 N–H and O–H groups in total. The Bertz CT molecular complexity index is 1090. The number of rotatable bonds is 8. The molecule has 4 rings (SSSR count). The largest absolute Gasteiger partial charge is 0.497 e. The number of methoxy groups -OCH3 is 1. The van der Waals surface area contributed by atoms with E-state index >= 15 is 0 Å². The zero-order valence-electron chi connectivity index (χ0n) is 19.8. The van der Waals surface area contributed by atoms with Crippen molar-refractivity contribution in [2.24, 2.45) is 0 Å². The van der Waals surface area contributed by atoms with Crippen LogP contribution in [0.1, 0.15) is 40.4 Å². The molecule has 0 spiro atoms. The highest BCUT2D eigenvalue weighted by atomic mass is 32.2. The average molecular weight is 488 g/mol. The van der Waals surface area contributed by atoms with Gasteiger partial charge in [0.15, 0.2) is 0 Å². The summed E-state index contributed by atoms with van der Waals surface area (Å²) < 4.78 is 38.4. The topological polar surface area (TPSA) is 88.2 Å². The summed E-state index contributed by atoms with van der Waals surface area (Å²) in [4.78, 5) is 15.6. The second-order valence-electron chi connectivity index (χ2n) is 8.74. The Hall–Kier alpha value is -2.46. The van der Waals surface area contributed by atoms with Crippen molar-refractivity contribution in [1.82, 2.24) is 14.5 Å². The summed E-state index contributed by atoms with van der Waals surface area (Å²) in [6, 6.07) is 12.9. The van der Waals surface area contributed by atoms with Gasteiger partial charge in [0.2, 0.25) is 10.0 Å². The fourth-order valence-corrected chi connectivity index (χ4v) is 6.23. The number of aryl methyl sites for hydroxylation is 1. The third-order valence-corrected chi connectivity index (χ3v) is 8.62. The standard InChI is InChI=1S/C25H33N3O5S/c1-19-5-6-21(17-24(19)34(30,31)28-13-15-33-16-14-28)25(29)26-18-23(27-11-3-4-12-27)20-7-9-22(32-2)10-8-20/h5-10,17,23H,3-4,11-16,18H2,1-2H3,(H,26,29)/t23-/m1/s1. The van der Waals surface area contributed by atoms with E-state index in [-0.39, 0.29) is 16.8 Å². The van der Waals surface area contributed by atoms with Crippen LogP contribution >= 0.6 is 0 Å². The maximum Gasteiger partial charge on any atom is 0.251 e. The fourth-order valence-electron chi connectivity index (χ4n) is 4.57. The number of hydrogen-bond donors (Lipinski definition) is 1. The summed E-state index contributed by atoms with van der Waals surface area (Å²) in [5.41, 5.74) is 2.08. The molecule has 34 heavy (non-hydrogen) atoms. The van der Waals surface area contributed by atoms with Gasteiger partial charge in [-0.25, -0.2) is 8.42 Å². The minimum Gasteiger partial charge on any atom is -0.497 e. The summed E-state index contributed by atoms with van der Waals surface area (Å²) in [5.74, 6) is 0.512. The summed E-state index contributed by atoms with van der Waals surface area (Å²) in [7, 11) is -2.05. The van der Waals surface area contributed by atoms with E-state index in [9.17, 15) is 13.2 Å². The molecule has 2 aliphatic heterocycles. The number of ether oxygens (including phenoxy) is 2. The molecule has 2 saturated heterocycles. The van der Waals surface area contributed by atoms with E-state index in [1.165, 1.54) is 10.4 Å². The molecule has 0 bridgehead atoms. The molecular formula is C25H33N3O5S. The number of nitrogens with zero attached hydrogens (tertiary/aromatic N) is 2. The van der Waals surface area contributed by atoms with Crippen LogP contribution in [0.5, 0.6) is 5.75 Å². The normalized spacial score (nSPS) is 18.5. The number of amides is 1. The van der Waals surface area contributed by atoms with Crippen LogP contribution in [0.3, 0.4) is 0 Å². The smallest absolute Gasteiger partial charge is 0.251 e. The lowest BCUT2D eigenvalue weighted by Gasteiger charge is -2.28. The van der Waals surface area contributed by atoms with Crippen molar-refractivity contribution in [2.75, 3.05) is 53.0 Å². The van der Waals surface area contributed by atoms with Gasteiger partial charge in [-0.2, -0.15) is 4.31 Å². The maximum atomic E-state index is 13.2. The van der Waals surface area contributed by atoms with Gasteiger partial charge in [0, 0.05) is 25.2 Å². The highest BCUT2D eigenvalue weighted by molar-refractivity contribution is 7.89. The van der Waals surface area contributed by atoms with Crippen LogP contribution in [0.4, 0.5) is 0 Å². The zero-order chi connectivity index (χ0) is 24.1. The Balaban J connectivity index is 1.51. The van der Waals surface area contributed by atoms with E-state index < -0.39 is 10.0 Å². The number of carbonyl (C=O) groups excluding carboxylic acids is 1. The molecular weight excluding hydrogens is 454 g/mol. The molecule has 0 radical (unpaired) electrons. The first-order chi connectivity index (χ1) is 16.4. The van der Waals surface area contributed by atoms with Crippen molar-refractivity contribution >= 4 is 15.9 Å². The van der Waals surface area contributed by atoms with Crippen LogP contribution in [-0.4, -0.2) is 76.6 Å². The van der Waals surface area contributed by atoms with Crippen LogP contribution in [-0.2, 0) is 14.8 Å². The molecule has 2 aromatic rings. The Morgan fingerprint density at radius 1 is 1.06 bits per heavy atom. The summed E-state index contributed by atoms with van der Waals surface area (Å²) in [6.45, 7) is 5.54. The number of carbonyl (C=O) groups is 1. The molecule has 2 aromatic carbocycles. The first kappa shape index (κ1) is 24.7. The first-order valence-electron chi connectivity index (χ1n) is 11.7. The molecule has 0 aromatic heterocycles. The summed E-state index contributed by atoms with van der Waals surface area (Å²) in [5, 5.41) is 3.04. The van der Waals surface area contributed by atoms with Crippen LogP contribution in [0, 0.1) is 6.92 Å². The maximum absolute atomic E-state index is 13.2. The van der Waals surface area contributed by atoms with Crippen molar-refractivity contribution in [3.63, 3.8) is 0 Å². The minimum atomic E-state index is -3.69. The predicted molar refractivity (Wildman–Crippen MR) is 130 cm³/mol. The average Bonchev–Trinajstić information content (AvgIpc) is 3.40. The lowest BCUT2D eigenvalue weighted by molar-refractivity contribution is 0.0730. The van der Waals surface area contributed by atoms with Gasteiger partial charge < -0.3 is 14.8 Å². The van der Waals surface area contributed by atoms with Gasteiger partial charge in [0.25, 0.3) is 5.91 Å². The quantitative estimate of drug-likeness (QED) is 0.616. The Morgan fingerprint density at radius 3 is 2.38 bits per heavy atom. The van der Waals surface area contributed by atoms with E-state index in [2.05, 4.69) is 10.2 Å². The SMILES string of the molecule is COc1ccc([C@@H](CNC(=O)c2ccc(C)c(S(=O)(=O)N3CCOCC3)c2)N2CCCC2)cc1. The molecule has 1 amide bonds. The molecule has 0 saturated carbocycles.